The predicted octanol–water partition coefficient (Wildman–Crippen LogP) is 1.92. The molecule has 0 aromatic heterocycles. The average Bonchev–Trinajstić information content (AvgIpc) is 2.29. The van der Waals surface area contributed by atoms with Crippen LogP contribution in [-0.4, -0.2) is 24.8 Å². The van der Waals surface area contributed by atoms with Gasteiger partial charge in [-0.15, -0.1) is 0 Å². The van der Waals surface area contributed by atoms with E-state index in [0.29, 0.717) is 5.92 Å². The van der Waals surface area contributed by atoms with Gasteiger partial charge in [0.15, 0.2) is 0 Å². The maximum atomic E-state index is 8.81. The van der Waals surface area contributed by atoms with Crippen molar-refractivity contribution in [3.05, 3.63) is 42.0 Å². The molecule has 1 rings (SSSR count). The third-order valence-corrected chi connectivity index (χ3v) is 2.18. The van der Waals surface area contributed by atoms with Gasteiger partial charge in [-0.1, -0.05) is 49.4 Å². The fourth-order valence-electron chi connectivity index (χ4n) is 1.24. The SMILES string of the molecule is CC(CO)CNC/C=C/c1ccccc1. The van der Waals surface area contributed by atoms with Crippen molar-refractivity contribution in [2.24, 2.45) is 5.92 Å². The molecule has 1 aromatic carbocycles. The molecule has 2 N–H and O–H groups in total. The van der Waals surface area contributed by atoms with E-state index in [4.69, 9.17) is 5.11 Å². The maximum absolute atomic E-state index is 8.81. The smallest absolute Gasteiger partial charge is 0.0468 e. The number of aliphatic hydroxyl groups excluding tert-OH is 1. The molecule has 0 radical (unpaired) electrons. The van der Waals surface area contributed by atoms with Gasteiger partial charge in [0.2, 0.25) is 0 Å². The average molecular weight is 205 g/mol. The fraction of sp³-hybridized carbons (Fsp3) is 0.385. The number of rotatable bonds is 6. The topological polar surface area (TPSA) is 32.3 Å². The van der Waals surface area contributed by atoms with Crippen LogP contribution in [-0.2, 0) is 0 Å². The molecule has 0 aliphatic carbocycles. The summed E-state index contributed by atoms with van der Waals surface area (Å²) in [5.74, 6) is 0.329. The zero-order valence-electron chi connectivity index (χ0n) is 9.19. The van der Waals surface area contributed by atoms with Crippen molar-refractivity contribution < 1.29 is 5.11 Å². The van der Waals surface area contributed by atoms with Gasteiger partial charge < -0.3 is 10.4 Å². The summed E-state index contributed by atoms with van der Waals surface area (Å²) >= 11 is 0. The van der Waals surface area contributed by atoms with Crippen LogP contribution < -0.4 is 5.32 Å². The van der Waals surface area contributed by atoms with Crippen LogP contribution in [0, 0.1) is 5.92 Å². The molecule has 2 nitrogen and oxygen atoms in total. The Balaban J connectivity index is 2.18. The highest BCUT2D eigenvalue weighted by Crippen LogP contribution is 1.99. The summed E-state index contributed by atoms with van der Waals surface area (Å²) in [6, 6.07) is 10.2. The first-order chi connectivity index (χ1) is 7.33. The van der Waals surface area contributed by atoms with Gasteiger partial charge in [0, 0.05) is 19.7 Å². The molecule has 1 aromatic rings. The van der Waals surface area contributed by atoms with Crippen LogP contribution in [0.1, 0.15) is 12.5 Å². The largest absolute Gasteiger partial charge is 0.396 e. The first-order valence-corrected chi connectivity index (χ1v) is 5.36. The Morgan fingerprint density at radius 2 is 2.07 bits per heavy atom. The van der Waals surface area contributed by atoms with E-state index in [1.807, 2.05) is 25.1 Å². The van der Waals surface area contributed by atoms with Gasteiger partial charge in [-0.2, -0.15) is 0 Å². The van der Waals surface area contributed by atoms with Gasteiger partial charge in [-0.05, 0) is 11.5 Å². The van der Waals surface area contributed by atoms with Crippen molar-refractivity contribution in [3.63, 3.8) is 0 Å². The second-order valence-electron chi connectivity index (χ2n) is 3.76. The van der Waals surface area contributed by atoms with Crippen molar-refractivity contribution in [3.8, 4) is 0 Å². The molecule has 1 unspecified atom stereocenters. The summed E-state index contributed by atoms with van der Waals surface area (Å²) in [4.78, 5) is 0. The summed E-state index contributed by atoms with van der Waals surface area (Å²) in [6.07, 6.45) is 4.19. The molecule has 0 fully saturated rings. The molecule has 0 aliphatic heterocycles. The molecular formula is C13H19NO. The van der Waals surface area contributed by atoms with Crippen LogP contribution >= 0.6 is 0 Å². The molecular weight excluding hydrogens is 186 g/mol. The van der Waals surface area contributed by atoms with Crippen LogP contribution in [0.15, 0.2) is 36.4 Å². The van der Waals surface area contributed by atoms with Gasteiger partial charge in [0.05, 0.1) is 0 Å². The quantitative estimate of drug-likeness (QED) is 0.695. The number of hydrogen-bond acceptors (Lipinski definition) is 2. The predicted molar refractivity (Wildman–Crippen MR) is 64.6 cm³/mol. The first-order valence-electron chi connectivity index (χ1n) is 5.36. The Labute approximate surface area is 91.6 Å². The molecule has 0 amide bonds. The Hall–Kier alpha value is -1.12. The molecule has 15 heavy (non-hydrogen) atoms. The summed E-state index contributed by atoms with van der Waals surface area (Å²) in [5.41, 5.74) is 1.22. The van der Waals surface area contributed by atoms with E-state index in [9.17, 15) is 0 Å². The zero-order valence-corrected chi connectivity index (χ0v) is 9.19. The molecule has 0 saturated carbocycles. The van der Waals surface area contributed by atoms with Crippen molar-refractivity contribution in [2.75, 3.05) is 19.7 Å². The molecule has 0 aliphatic rings. The minimum atomic E-state index is 0.245. The van der Waals surface area contributed by atoms with Gasteiger partial charge in [0.1, 0.15) is 0 Å². The summed E-state index contributed by atoms with van der Waals surface area (Å²) in [6.45, 7) is 3.97. The number of nitrogens with one attached hydrogen (secondary N) is 1. The maximum Gasteiger partial charge on any atom is 0.0468 e. The Kier molecular flexibility index (Phi) is 5.74. The van der Waals surface area contributed by atoms with Crippen LogP contribution in [0.25, 0.3) is 6.08 Å². The molecule has 0 saturated heterocycles. The summed E-state index contributed by atoms with van der Waals surface area (Å²) in [5, 5.41) is 12.1. The van der Waals surface area contributed by atoms with Crippen molar-refractivity contribution in [2.45, 2.75) is 6.92 Å². The van der Waals surface area contributed by atoms with Crippen LogP contribution in [0.3, 0.4) is 0 Å². The van der Waals surface area contributed by atoms with E-state index < -0.39 is 0 Å². The van der Waals surface area contributed by atoms with Crippen LogP contribution in [0.2, 0.25) is 0 Å². The number of aliphatic hydroxyl groups is 1. The normalized spacial score (nSPS) is 13.2. The second-order valence-corrected chi connectivity index (χ2v) is 3.76. The van der Waals surface area contributed by atoms with Crippen molar-refractivity contribution in [1.82, 2.24) is 5.32 Å². The highest BCUT2D eigenvalue weighted by atomic mass is 16.3. The second kappa shape index (κ2) is 7.21. The lowest BCUT2D eigenvalue weighted by Gasteiger charge is -2.06. The molecule has 2 heteroatoms. The fourth-order valence-corrected chi connectivity index (χ4v) is 1.24. The van der Waals surface area contributed by atoms with E-state index >= 15 is 0 Å². The lowest BCUT2D eigenvalue weighted by Crippen LogP contribution is -2.23. The third-order valence-electron chi connectivity index (χ3n) is 2.18. The summed E-state index contributed by atoms with van der Waals surface area (Å²) < 4.78 is 0. The molecule has 1 atom stereocenters. The first kappa shape index (κ1) is 12.0. The van der Waals surface area contributed by atoms with E-state index in [-0.39, 0.29) is 6.61 Å². The Bertz CT molecular complexity index is 282. The van der Waals surface area contributed by atoms with Crippen molar-refractivity contribution >= 4 is 6.08 Å². The number of hydrogen-bond donors (Lipinski definition) is 2. The van der Waals surface area contributed by atoms with Gasteiger partial charge in [-0.25, -0.2) is 0 Å². The van der Waals surface area contributed by atoms with E-state index in [1.54, 1.807) is 0 Å². The van der Waals surface area contributed by atoms with Crippen LogP contribution in [0.5, 0.6) is 0 Å². The highest BCUT2D eigenvalue weighted by Gasteiger charge is 1.96. The molecule has 82 valence electrons. The molecule has 0 spiro atoms. The summed E-state index contributed by atoms with van der Waals surface area (Å²) in [7, 11) is 0. The van der Waals surface area contributed by atoms with Gasteiger partial charge in [0.25, 0.3) is 0 Å². The minimum Gasteiger partial charge on any atom is -0.396 e. The van der Waals surface area contributed by atoms with Gasteiger partial charge >= 0.3 is 0 Å². The van der Waals surface area contributed by atoms with E-state index in [0.717, 1.165) is 13.1 Å². The Morgan fingerprint density at radius 1 is 1.33 bits per heavy atom. The van der Waals surface area contributed by atoms with Crippen molar-refractivity contribution in [1.29, 1.82) is 0 Å². The van der Waals surface area contributed by atoms with E-state index in [1.165, 1.54) is 5.56 Å². The zero-order chi connectivity index (χ0) is 10.9. The lowest BCUT2D eigenvalue weighted by molar-refractivity contribution is 0.235. The highest BCUT2D eigenvalue weighted by molar-refractivity contribution is 5.48. The minimum absolute atomic E-state index is 0.245. The monoisotopic (exact) mass is 205 g/mol. The Morgan fingerprint density at radius 3 is 2.73 bits per heavy atom. The lowest BCUT2D eigenvalue weighted by atomic mass is 10.2. The standard InChI is InChI=1S/C13H19NO/c1-12(11-15)10-14-9-5-8-13-6-3-2-4-7-13/h2-8,12,14-15H,9-11H2,1H3/b8-5+. The third kappa shape index (κ3) is 5.35. The van der Waals surface area contributed by atoms with Crippen LogP contribution in [0.4, 0.5) is 0 Å². The van der Waals surface area contributed by atoms with E-state index in [2.05, 4.69) is 29.6 Å². The number of benzene rings is 1. The van der Waals surface area contributed by atoms with Gasteiger partial charge in [-0.3, -0.25) is 0 Å². The molecule has 0 bridgehead atoms. The molecule has 0 heterocycles.